The molecule has 1 heterocycles. The van der Waals surface area contributed by atoms with Crippen LogP contribution in [0.25, 0.3) is 0 Å². The zero-order chi connectivity index (χ0) is 16.6. The van der Waals surface area contributed by atoms with Crippen LogP contribution in [-0.4, -0.2) is 49.8 Å². The molecule has 0 radical (unpaired) electrons. The van der Waals surface area contributed by atoms with Gasteiger partial charge in [-0.1, -0.05) is 19.3 Å². The first-order valence-corrected chi connectivity index (χ1v) is 10.2. The summed E-state index contributed by atoms with van der Waals surface area (Å²) in [6.07, 6.45) is 6.84. The highest BCUT2D eigenvalue weighted by atomic mass is 32.2. The van der Waals surface area contributed by atoms with Crippen molar-refractivity contribution in [2.75, 3.05) is 43.5 Å². The molecule has 1 aliphatic heterocycles. The lowest BCUT2D eigenvalue weighted by atomic mass is 10.0. The zero-order valence-electron chi connectivity index (χ0n) is 14.3. The Morgan fingerprint density at radius 1 is 1.12 bits per heavy atom. The van der Waals surface area contributed by atoms with E-state index in [0.717, 1.165) is 49.4 Å². The van der Waals surface area contributed by atoms with Gasteiger partial charge in [-0.2, -0.15) is 11.8 Å². The van der Waals surface area contributed by atoms with Gasteiger partial charge in [0.05, 0.1) is 13.2 Å². The van der Waals surface area contributed by atoms with Crippen molar-refractivity contribution < 1.29 is 9.53 Å². The summed E-state index contributed by atoms with van der Waals surface area (Å²) in [5.41, 5.74) is 1.91. The minimum absolute atomic E-state index is 0.0350. The fourth-order valence-electron chi connectivity index (χ4n) is 3.37. The van der Waals surface area contributed by atoms with Crippen molar-refractivity contribution in [3.8, 4) is 0 Å². The third kappa shape index (κ3) is 5.15. The van der Waals surface area contributed by atoms with Crippen LogP contribution in [0.3, 0.4) is 0 Å². The maximum atomic E-state index is 12.2. The van der Waals surface area contributed by atoms with Crippen LogP contribution in [0.5, 0.6) is 0 Å². The number of hydrogen-bond donors (Lipinski definition) is 1. The van der Waals surface area contributed by atoms with E-state index in [2.05, 4.69) is 10.2 Å². The Hall–Kier alpha value is -1.20. The smallest absolute Gasteiger partial charge is 0.251 e. The molecule has 2 aliphatic rings. The van der Waals surface area contributed by atoms with E-state index in [1.54, 1.807) is 0 Å². The molecule has 0 aromatic heterocycles. The van der Waals surface area contributed by atoms with Crippen LogP contribution in [0.15, 0.2) is 24.3 Å². The van der Waals surface area contributed by atoms with E-state index in [4.69, 9.17) is 4.74 Å². The second-order valence-electron chi connectivity index (χ2n) is 6.53. The van der Waals surface area contributed by atoms with E-state index in [1.165, 1.54) is 37.8 Å². The highest BCUT2D eigenvalue weighted by Crippen LogP contribution is 2.27. The fraction of sp³-hybridized carbons (Fsp3) is 0.632. The molecule has 0 unspecified atom stereocenters. The van der Waals surface area contributed by atoms with E-state index in [9.17, 15) is 4.79 Å². The van der Waals surface area contributed by atoms with E-state index in [-0.39, 0.29) is 5.91 Å². The number of rotatable bonds is 6. The molecule has 0 atom stereocenters. The first-order chi connectivity index (χ1) is 11.8. The van der Waals surface area contributed by atoms with Crippen LogP contribution in [0.2, 0.25) is 0 Å². The number of thioether (sulfide) groups is 1. The summed E-state index contributed by atoms with van der Waals surface area (Å²) in [4.78, 5) is 14.5. The highest BCUT2D eigenvalue weighted by molar-refractivity contribution is 7.99. The summed E-state index contributed by atoms with van der Waals surface area (Å²) in [5, 5.41) is 3.85. The Morgan fingerprint density at radius 3 is 2.54 bits per heavy atom. The summed E-state index contributed by atoms with van der Waals surface area (Å²) in [5.74, 6) is 1.05. The van der Waals surface area contributed by atoms with Gasteiger partial charge in [0.15, 0.2) is 0 Å². The number of nitrogens with one attached hydrogen (secondary N) is 1. The van der Waals surface area contributed by atoms with Crippen molar-refractivity contribution in [1.82, 2.24) is 5.32 Å². The molecule has 1 N–H and O–H groups in total. The molecule has 1 aliphatic carbocycles. The molecule has 1 saturated heterocycles. The molecule has 5 heteroatoms. The fourth-order valence-corrected chi connectivity index (χ4v) is 4.59. The summed E-state index contributed by atoms with van der Waals surface area (Å²) in [7, 11) is 0. The molecule has 24 heavy (non-hydrogen) atoms. The molecular formula is C19H28N2O2S. The van der Waals surface area contributed by atoms with Crippen molar-refractivity contribution in [2.45, 2.75) is 37.4 Å². The largest absolute Gasteiger partial charge is 0.378 e. The monoisotopic (exact) mass is 348 g/mol. The number of amides is 1. The van der Waals surface area contributed by atoms with Gasteiger partial charge in [0.1, 0.15) is 0 Å². The van der Waals surface area contributed by atoms with Crippen LogP contribution >= 0.6 is 11.8 Å². The van der Waals surface area contributed by atoms with E-state index in [0.29, 0.717) is 0 Å². The first kappa shape index (κ1) is 17.6. The van der Waals surface area contributed by atoms with Gasteiger partial charge < -0.3 is 15.0 Å². The number of morpholine rings is 1. The summed E-state index contributed by atoms with van der Waals surface area (Å²) < 4.78 is 5.37. The molecule has 132 valence electrons. The number of benzene rings is 1. The van der Waals surface area contributed by atoms with Crippen molar-refractivity contribution in [3.63, 3.8) is 0 Å². The molecule has 1 amide bonds. The number of anilines is 1. The van der Waals surface area contributed by atoms with Gasteiger partial charge in [-0.3, -0.25) is 4.79 Å². The third-order valence-corrected chi connectivity index (χ3v) is 6.18. The molecule has 0 bridgehead atoms. The quantitative estimate of drug-likeness (QED) is 0.801. The Labute approximate surface area is 149 Å². The number of carbonyl (C=O) groups is 1. The van der Waals surface area contributed by atoms with E-state index < -0.39 is 0 Å². The van der Waals surface area contributed by atoms with Gasteiger partial charge in [0.2, 0.25) is 0 Å². The van der Waals surface area contributed by atoms with Crippen LogP contribution in [0.1, 0.15) is 42.5 Å². The average Bonchev–Trinajstić information content (AvgIpc) is 2.67. The molecular weight excluding hydrogens is 320 g/mol. The SMILES string of the molecule is O=C(NCCSC1CCCCC1)c1ccc(N2CCOCC2)cc1. The van der Waals surface area contributed by atoms with Crippen LogP contribution in [-0.2, 0) is 4.74 Å². The van der Waals surface area contributed by atoms with Gasteiger partial charge in [-0.15, -0.1) is 0 Å². The molecule has 1 saturated carbocycles. The Kier molecular flexibility index (Phi) is 6.85. The molecule has 4 nitrogen and oxygen atoms in total. The molecule has 0 spiro atoms. The Morgan fingerprint density at radius 2 is 1.83 bits per heavy atom. The molecule has 3 rings (SSSR count). The topological polar surface area (TPSA) is 41.6 Å². The second kappa shape index (κ2) is 9.33. The molecule has 2 fully saturated rings. The number of ether oxygens (including phenoxy) is 1. The summed E-state index contributed by atoms with van der Waals surface area (Å²) in [6, 6.07) is 7.93. The number of nitrogens with zero attached hydrogens (tertiary/aromatic N) is 1. The van der Waals surface area contributed by atoms with Crippen LogP contribution in [0, 0.1) is 0 Å². The minimum Gasteiger partial charge on any atom is -0.378 e. The minimum atomic E-state index is 0.0350. The van der Waals surface area contributed by atoms with Gasteiger partial charge in [-0.05, 0) is 37.1 Å². The predicted octanol–water partition coefficient (Wildman–Crippen LogP) is 3.32. The molecule has 1 aromatic rings. The third-order valence-electron chi connectivity index (χ3n) is 4.80. The van der Waals surface area contributed by atoms with Crippen molar-refractivity contribution in [2.24, 2.45) is 0 Å². The van der Waals surface area contributed by atoms with Gasteiger partial charge in [0.25, 0.3) is 5.91 Å². The number of hydrogen-bond acceptors (Lipinski definition) is 4. The lowest BCUT2D eigenvalue weighted by molar-refractivity contribution is 0.0956. The second-order valence-corrected chi connectivity index (χ2v) is 7.94. The number of carbonyl (C=O) groups excluding carboxylic acids is 1. The van der Waals surface area contributed by atoms with Crippen molar-refractivity contribution in [3.05, 3.63) is 29.8 Å². The van der Waals surface area contributed by atoms with E-state index in [1.807, 2.05) is 36.0 Å². The maximum Gasteiger partial charge on any atom is 0.251 e. The average molecular weight is 349 g/mol. The normalized spacial score (nSPS) is 19.2. The maximum absolute atomic E-state index is 12.2. The highest BCUT2D eigenvalue weighted by Gasteiger charge is 2.14. The van der Waals surface area contributed by atoms with Crippen molar-refractivity contribution in [1.29, 1.82) is 0 Å². The Balaban J connectivity index is 1.39. The van der Waals surface area contributed by atoms with Gasteiger partial charge in [0, 0.05) is 41.9 Å². The van der Waals surface area contributed by atoms with Crippen LogP contribution in [0.4, 0.5) is 5.69 Å². The lowest BCUT2D eigenvalue weighted by Gasteiger charge is -2.28. The lowest BCUT2D eigenvalue weighted by Crippen LogP contribution is -2.36. The van der Waals surface area contributed by atoms with E-state index >= 15 is 0 Å². The standard InChI is InChI=1S/C19H28N2O2S/c22-19(20-10-15-24-18-4-2-1-3-5-18)16-6-8-17(9-7-16)21-11-13-23-14-12-21/h6-9,18H,1-5,10-15H2,(H,20,22). The summed E-state index contributed by atoms with van der Waals surface area (Å²) in [6.45, 7) is 4.15. The predicted molar refractivity (Wildman–Crippen MR) is 101 cm³/mol. The first-order valence-electron chi connectivity index (χ1n) is 9.15. The molecule has 1 aromatic carbocycles. The van der Waals surface area contributed by atoms with Gasteiger partial charge in [-0.25, -0.2) is 0 Å². The van der Waals surface area contributed by atoms with Crippen molar-refractivity contribution >= 4 is 23.4 Å². The zero-order valence-corrected chi connectivity index (χ0v) is 15.2. The van der Waals surface area contributed by atoms with Crippen LogP contribution < -0.4 is 10.2 Å². The Bertz CT molecular complexity index is 509. The van der Waals surface area contributed by atoms with Gasteiger partial charge >= 0.3 is 0 Å². The summed E-state index contributed by atoms with van der Waals surface area (Å²) >= 11 is 2.02.